The zero-order valence-electron chi connectivity index (χ0n) is 13.6. The molecule has 0 radical (unpaired) electrons. The number of hydrogen-bond donors (Lipinski definition) is 0. The van der Waals surface area contributed by atoms with Crippen LogP contribution in [0.15, 0.2) is 60.7 Å². The average Bonchev–Trinajstić information content (AvgIpc) is 2.58. The smallest absolute Gasteiger partial charge is 0.317 e. The van der Waals surface area contributed by atoms with Gasteiger partial charge < -0.3 is 9.47 Å². The second-order valence-electron chi connectivity index (χ2n) is 6.26. The van der Waals surface area contributed by atoms with Gasteiger partial charge >= 0.3 is 5.97 Å². The Balaban J connectivity index is 2.03. The molecule has 23 heavy (non-hydrogen) atoms. The average molecular weight is 308 g/mol. The van der Waals surface area contributed by atoms with Gasteiger partial charge in [-0.3, -0.25) is 4.79 Å². The van der Waals surface area contributed by atoms with Crippen LogP contribution in [0.1, 0.15) is 30.9 Å². The maximum atomic E-state index is 12.5. The molecule has 0 N–H and O–H groups in total. The van der Waals surface area contributed by atoms with Crippen LogP contribution in [0.5, 0.6) is 5.75 Å². The van der Waals surface area contributed by atoms with Gasteiger partial charge in [-0.05, 0) is 49.8 Å². The Morgan fingerprint density at radius 1 is 1.00 bits per heavy atom. The van der Waals surface area contributed by atoms with Crippen molar-refractivity contribution in [3.8, 4) is 5.75 Å². The van der Waals surface area contributed by atoms with Gasteiger partial charge in [0.05, 0.1) is 12.5 Å². The van der Waals surface area contributed by atoms with Crippen molar-refractivity contribution in [1.82, 2.24) is 0 Å². The molecule has 0 bridgehead atoms. The zero-order valence-corrected chi connectivity index (χ0v) is 13.6. The summed E-state index contributed by atoms with van der Waals surface area (Å²) in [6.07, 6.45) is 2.04. The summed E-state index contributed by atoms with van der Waals surface area (Å²) in [4.78, 5) is 12.5. The van der Waals surface area contributed by atoms with Crippen LogP contribution in [0.3, 0.4) is 0 Å². The minimum absolute atomic E-state index is 0.0259. The second kappa shape index (κ2) is 5.92. The largest absolute Gasteiger partial charge is 0.497 e. The highest BCUT2D eigenvalue weighted by atomic mass is 16.5. The number of esters is 1. The Labute approximate surface area is 136 Å². The van der Waals surface area contributed by atoms with Gasteiger partial charge in [0.2, 0.25) is 0 Å². The first-order valence-electron chi connectivity index (χ1n) is 7.66. The van der Waals surface area contributed by atoms with Crippen LogP contribution in [0.4, 0.5) is 0 Å². The summed E-state index contributed by atoms with van der Waals surface area (Å²) in [6, 6.07) is 17.6. The molecule has 0 saturated carbocycles. The summed E-state index contributed by atoms with van der Waals surface area (Å²) in [5.41, 5.74) is 1.38. The quantitative estimate of drug-likeness (QED) is 0.788. The molecule has 1 aliphatic rings. The van der Waals surface area contributed by atoms with Crippen LogP contribution in [-0.4, -0.2) is 13.1 Å². The molecule has 0 amide bonds. The summed E-state index contributed by atoms with van der Waals surface area (Å²) < 4.78 is 10.8. The number of methoxy groups -OCH3 is 1. The molecule has 3 nitrogen and oxygen atoms in total. The normalized spacial score (nSPS) is 19.7. The summed E-state index contributed by atoms with van der Waals surface area (Å²) >= 11 is 0. The molecule has 1 unspecified atom stereocenters. The van der Waals surface area contributed by atoms with E-state index in [0.29, 0.717) is 5.76 Å². The summed E-state index contributed by atoms with van der Waals surface area (Å²) in [7, 11) is 1.63. The number of ether oxygens (including phenoxy) is 2. The Hall–Kier alpha value is -2.55. The fourth-order valence-electron chi connectivity index (χ4n) is 2.84. The molecule has 1 heterocycles. The number of rotatable bonds is 3. The van der Waals surface area contributed by atoms with Crippen molar-refractivity contribution in [3.05, 3.63) is 71.8 Å². The molecule has 1 atom stereocenters. The predicted molar refractivity (Wildman–Crippen MR) is 90.0 cm³/mol. The summed E-state index contributed by atoms with van der Waals surface area (Å²) in [5, 5.41) is 0. The van der Waals surface area contributed by atoms with E-state index >= 15 is 0 Å². The third-order valence-corrected chi connectivity index (χ3v) is 4.36. The van der Waals surface area contributed by atoms with Crippen LogP contribution < -0.4 is 4.74 Å². The third kappa shape index (κ3) is 2.87. The molecule has 2 aromatic rings. The zero-order chi connectivity index (χ0) is 16.4. The number of hydrogen-bond acceptors (Lipinski definition) is 3. The molecule has 0 aromatic heterocycles. The van der Waals surface area contributed by atoms with Gasteiger partial charge in [-0.25, -0.2) is 0 Å². The Morgan fingerprint density at radius 3 is 2.26 bits per heavy atom. The molecule has 0 fully saturated rings. The van der Waals surface area contributed by atoms with E-state index in [2.05, 4.69) is 0 Å². The number of carbonyl (C=O) groups is 1. The topological polar surface area (TPSA) is 35.5 Å². The Bertz CT molecular complexity index is 727. The predicted octanol–water partition coefficient (Wildman–Crippen LogP) is 4.40. The van der Waals surface area contributed by atoms with E-state index in [4.69, 9.17) is 9.47 Å². The lowest BCUT2D eigenvalue weighted by Crippen LogP contribution is -2.35. The molecule has 0 aliphatic carbocycles. The first-order chi connectivity index (χ1) is 11.0. The van der Waals surface area contributed by atoms with Gasteiger partial charge in [0.1, 0.15) is 11.5 Å². The summed E-state index contributed by atoms with van der Waals surface area (Å²) in [5.74, 6) is 1.14. The molecular weight excluding hydrogens is 288 g/mol. The maximum absolute atomic E-state index is 12.5. The monoisotopic (exact) mass is 308 g/mol. The maximum Gasteiger partial charge on any atom is 0.317 e. The van der Waals surface area contributed by atoms with Crippen molar-refractivity contribution in [2.24, 2.45) is 5.41 Å². The van der Waals surface area contributed by atoms with Gasteiger partial charge in [-0.2, -0.15) is 0 Å². The summed E-state index contributed by atoms with van der Waals surface area (Å²) in [6.45, 7) is 3.85. The number of benzene rings is 2. The van der Waals surface area contributed by atoms with Crippen LogP contribution in [0, 0.1) is 5.41 Å². The highest BCUT2D eigenvalue weighted by Crippen LogP contribution is 2.44. The fourth-order valence-corrected chi connectivity index (χ4v) is 2.84. The Kier molecular flexibility index (Phi) is 3.95. The lowest BCUT2D eigenvalue weighted by atomic mass is 9.73. The molecule has 0 spiro atoms. The van der Waals surface area contributed by atoms with Crippen molar-refractivity contribution in [2.45, 2.75) is 19.8 Å². The lowest BCUT2D eigenvalue weighted by molar-refractivity contribution is -0.148. The highest BCUT2D eigenvalue weighted by molar-refractivity contribution is 5.87. The van der Waals surface area contributed by atoms with Crippen LogP contribution in [-0.2, 0) is 9.53 Å². The first kappa shape index (κ1) is 15.3. The third-order valence-electron chi connectivity index (χ3n) is 4.36. The van der Waals surface area contributed by atoms with Gasteiger partial charge in [0, 0.05) is 11.5 Å². The first-order valence-corrected chi connectivity index (χ1v) is 7.66. The lowest BCUT2D eigenvalue weighted by Gasteiger charge is -2.35. The fraction of sp³-hybridized carbons (Fsp3) is 0.250. The second-order valence-corrected chi connectivity index (χ2v) is 6.26. The van der Waals surface area contributed by atoms with Crippen molar-refractivity contribution < 1.29 is 14.3 Å². The van der Waals surface area contributed by atoms with E-state index in [-0.39, 0.29) is 11.9 Å². The van der Waals surface area contributed by atoms with Gasteiger partial charge in [-0.1, -0.05) is 30.3 Å². The number of allylic oxidation sites excluding steroid dienone is 1. The van der Waals surface area contributed by atoms with Crippen LogP contribution >= 0.6 is 0 Å². The number of cyclic esters (lactones) is 1. The van der Waals surface area contributed by atoms with Gasteiger partial charge in [0.25, 0.3) is 0 Å². The van der Waals surface area contributed by atoms with Crippen molar-refractivity contribution >= 4 is 11.7 Å². The molecule has 1 aliphatic heterocycles. The minimum atomic E-state index is -0.600. The van der Waals surface area contributed by atoms with E-state index in [1.165, 1.54) is 0 Å². The van der Waals surface area contributed by atoms with Crippen molar-refractivity contribution in [2.75, 3.05) is 7.11 Å². The van der Waals surface area contributed by atoms with Crippen molar-refractivity contribution in [3.63, 3.8) is 0 Å². The van der Waals surface area contributed by atoms with Crippen molar-refractivity contribution in [1.29, 1.82) is 0 Å². The number of carbonyl (C=O) groups excluding carboxylic acids is 1. The Morgan fingerprint density at radius 2 is 1.65 bits per heavy atom. The standard InChI is InChI=1S/C20H20O3/c1-20(2)17(14-7-5-4-6-8-14)13-18(23-19(20)21)15-9-11-16(22-3)12-10-15/h4-13,17H,1-3H3. The highest BCUT2D eigenvalue weighted by Gasteiger charge is 2.42. The van der Waals surface area contributed by atoms with E-state index in [0.717, 1.165) is 16.9 Å². The minimum Gasteiger partial charge on any atom is -0.497 e. The van der Waals surface area contributed by atoms with E-state index in [9.17, 15) is 4.79 Å². The van der Waals surface area contributed by atoms with Crippen LogP contribution in [0.25, 0.3) is 5.76 Å². The molecule has 118 valence electrons. The SMILES string of the molecule is COc1ccc(C2=CC(c3ccccc3)C(C)(C)C(=O)O2)cc1. The van der Waals surface area contributed by atoms with E-state index in [1.807, 2.05) is 74.5 Å². The van der Waals surface area contributed by atoms with Gasteiger partial charge in [-0.15, -0.1) is 0 Å². The molecule has 3 heteroatoms. The van der Waals surface area contributed by atoms with E-state index < -0.39 is 5.41 Å². The molecule has 2 aromatic carbocycles. The van der Waals surface area contributed by atoms with Gasteiger partial charge in [0.15, 0.2) is 0 Å². The molecular formula is C20H20O3. The molecule has 3 rings (SSSR count). The van der Waals surface area contributed by atoms with E-state index in [1.54, 1.807) is 7.11 Å². The van der Waals surface area contributed by atoms with Crippen LogP contribution in [0.2, 0.25) is 0 Å². The molecule has 0 saturated heterocycles.